The van der Waals surface area contributed by atoms with Crippen molar-refractivity contribution in [2.45, 2.75) is 31.6 Å². The molecule has 1 unspecified atom stereocenters. The highest BCUT2D eigenvalue weighted by Gasteiger charge is 2.11. The summed E-state index contributed by atoms with van der Waals surface area (Å²) in [7, 11) is 0. The normalized spacial score (nSPS) is 12.8. The molecule has 0 aliphatic heterocycles. The van der Waals surface area contributed by atoms with Gasteiger partial charge in [0.05, 0.1) is 11.9 Å². The summed E-state index contributed by atoms with van der Waals surface area (Å²) in [6.07, 6.45) is -0.456. The molecule has 0 radical (unpaired) electrons. The lowest BCUT2D eigenvalue weighted by atomic mass is 10.1. The molecule has 0 bridgehead atoms. The number of aromatic nitrogens is 2. The van der Waals surface area contributed by atoms with Crippen LogP contribution >= 0.6 is 11.8 Å². The van der Waals surface area contributed by atoms with Crippen molar-refractivity contribution in [3.63, 3.8) is 0 Å². The highest BCUT2D eigenvalue weighted by Crippen LogP contribution is 2.20. The van der Waals surface area contributed by atoms with E-state index in [1.807, 2.05) is 44.2 Å². The van der Waals surface area contributed by atoms with E-state index in [0.717, 1.165) is 5.56 Å². The number of nitrogens with zero attached hydrogens (tertiary/aromatic N) is 2. The molecular weight excluding hydrogens is 260 g/mol. The SMILES string of the molecule is CC(C)c1nc(CSCC(O)c2ccccc2)no1. The van der Waals surface area contributed by atoms with E-state index in [1.165, 1.54) is 0 Å². The molecule has 0 aliphatic carbocycles. The second-order valence-electron chi connectivity index (χ2n) is 4.65. The summed E-state index contributed by atoms with van der Waals surface area (Å²) >= 11 is 1.60. The van der Waals surface area contributed by atoms with Crippen molar-refractivity contribution >= 4 is 11.8 Å². The van der Waals surface area contributed by atoms with Crippen molar-refractivity contribution in [3.05, 3.63) is 47.6 Å². The minimum Gasteiger partial charge on any atom is -0.388 e. The zero-order valence-electron chi connectivity index (χ0n) is 11.1. The summed E-state index contributed by atoms with van der Waals surface area (Å²) in [5, 5.41) is 13.9. The predicted molar refractivity (Wildman–Crippen MR) is 76.0 cm³/mol. The minimum absolute atomic E-state index is 0.251. The number of thioether (sulfide) groups is 1. The largest absolute Gasteiger partial charge is 0.388 e. The molecule has 0 saturated heterocycles. The quantitative estimate of drug-likeness (QED) is 0.879. The monoisotopic (exact) mass is 278 g/mol. The summed E-state index contributed by atoms with van der Waals surface area (Å²) in [4.78, 5) is 4.30. The fraction of sp³-hybridized carbons (Fsp3) is 0.429. The van der Waals surface area contributed by atoms with Gasteiger partial charge in [-0.1, -0.05) is 49.3 Å². The fourth-order valence-corrected chi connectivity index (χ4v) is 2.43. The summed E-state index contributed by atoms with van der Waals surface area (Å²) < 4.78 is 5.13. The van der Waals surface area contributed by atoms with Gasteiger partial charge in [-0.2, -0.15) is 16.7 Å². The van der Waals surface area contributed by atoms with Crippen molar-refractivity contribution in [3.8, 4) is 0 Å². The Morgan fingerprint density at radius 1 is 1.26 bits per heavy atom. The summed E-state index contributed by atoms with van der Waals surface area (Å²) in [5.41, 5.74) is 0.936. The average molecular weight is 278 g/mol. The third kappa shape index (κ3) is 4.08. The molecule has 2 aromatic rings. The second-order valence-corrected chi connectivity index (χ2v) is 5.68. The fourth-order valence-electron chi connectivity index (χ4n) is 1.59. The lowest BCUT2D eigenvalue weighted by Gasteiger charge is -2.09. The second kappa shape index (κ2) is 6.73. The van der Waals surface area contributed by atoms with Gasteiger partial charge in [0.15, 0.2) is 5.82 Å². The van der Waals surface area contributed by atoms with Crippen molar-refractivity contribution in [2.75, 3.05) is 5.75 Å². The molecule has 102 valence electrons. The van der Waals surface area contributed by atoms with Gasteiger partial charge < -0.3 is 9.63 Å². The van der Waals surface area contributed by atoms with Gasteiger partial charge in [0.25, 0.3) is 0 Å². The molecule has 0 saturated carbocycles. The molecule has 0 amide bonds. The number of benzene rings is 1. The minimum atomic E-state index is -0.456. The van der Waals surface area contributed by atoms with Gasteiger partial charge in [0, 0.05) is 11.7 Å². The Morgan fingerprint density at radius 2 is 2.00 bits per heavy atom. The molecule has 5 heteroatoms. The van der Waals surface area contributed by atoms with E-state index in [1.54, 1.807) is 11.8 Å². The van der Waals surface area contributed by atoms with Crippen LogP contribution in [0.3, 0.4) is 0 Å². The molecule has 0 aliphatic rings. The van der Waals surface area contributed by atoms with Gasteiger partial charge in [-0.15, -0.1) is 0 Å². The Morgan fingerprint density at radius 3 is 2.63 bits per heavy atom. The highest BCUT2D eigenvalue weighted by atomic mass is 32.2. The van der Waals surface area contributed by atoms with E-state index in [9.17, 15) is 5.11 Å². The van der Waals surface area contributed by atoms with Gasteiger partial charge >= 0.3 is 0 Å². The van der Waals surface area contributed by atoms with E-state index in [2.05, 4.69) is 10.1 Å². The standard InChI is InChI=1S/C14H18N2O2S/c1-10(2)14-15-13(16-18-14)9-19-8-12(17)11-6-4-3-5-7-11/h3-7,10,12,17H,8-9H2,1-2H3. The van der Waals surface area contributed by atoms with Gasteiger partial charge in [0.2, 0.25) is 5.89 Å². The van der Waals surface area contributed by atoms with Gasteiger partial charge in [-0.3, -0.25) is 0 Å². The van der Waals surface area contributed by atoms with Crippen molar-refractivity contribution in [2.24, 2.45) is 0 Å². The van der Waals surface area contributed by atoms with E-state index >= 15 is 0 Å². The first-order valence-electron chi connectivity index (χ1n) is 6.30. The van der Waals surface area contributed by atoms with Gasteiger partial charge in [-0.05, 0) is 5.56 Å². The van der Waals surface area contributed by atoms with Crippen LogP contribution in [0.4, 0.5) is 0 Å². The van der Waals surface area contributed by atoms with E-state index in [0.29, 0.717) is 23.2 Å². The van der Waals surface area contributed by atoms with Crippen LogP contribution in [0, 0.1) is 0 Å². The molecule has 1 heterocycles. The topological polar surface area (TPSA) is 59.2 Å². The van der Waals surface area contributed by atoms with Gasteiger partial charge in [-0.25, -0.2) is 0 Å². The van der Waals surface area contributed by atoms with Crippen molar-refractivity contribution < 1.29 is 9.63 Å². The molecule has 4 nitrogen and oxygen atoms in total. The maximum absolute atomic E-state index is 10.0. The molecule has 2 rings (SSSR count). The van der Waals surface area contributed by atoms with Crippen LogP contribution in [-0.4, -0.2) is 21.0 Å². The molecular formula is C14H18N2O2S. The Kier molecular flexibility index (Phi) is 4.99. The van der Waals surface area contributed by atoms with Crippen LogP contribution in [0.15, 0.2) is 34.9 Å². The third-order valence-corrected chi connectivity index (χ3v) is 3.68. The first-order chi connectivity index (χ1) is 9.16. The van der Waals surface area contributed by atoms with Crippen molar-refractivity contribution in [1.82, 2.24) is 10.1 Å². The predicted octanol–water partition coefficient (Wildman–Crippen LogP) is 3.16. The van der Waals surface area contributed by atoms with Crippen LogP contribution in [0.1, 0.15) is 43.1 Å². The third-order valence-electron chi connectivity index (χ3n) is 2.67. The van der Waals surface area contributed by atoms with Crippen LogP contribution in [0.2, 0.25) is 0 Å². The van der Waals surface area contributed by atoms with Crippen LogP contribution in [0.25, 0.3) is 0 Å². The smallest absolute Gasteiger partial charge is 0.229 e. The maximum atomic E-state index is 10.0. The maximum Gasteiger partial charge on any atom is 0.229 e. The van der Waals surface area contributed by atoms with Crippen LogP contribution in [-0.2, 0) is 5.75 Å². The summed E-state index contributed by atoms with van der Waals surface area (Å²) in [6, 6.07) is 9.65. The first kappa shape index (κ1) is 14.1. The Bertz CT molecular complexity index is 499. The van der Waals surface area contributed by atoms with E-state index in [-0.39, 0.29) is 5.92 Å². The number of aliphatic hydroxyl groups is 1. The molecule has 0 spiro atoms. The zero-order valence-corrected chi connectivity index (χ0v) is 11.9. The first-order valence-corrected chi connectivity index (χ1v) is 7.45. The molecule has 1 aromatic heterocycles. The van der Waals surface area contributed by atoms with E-state index in [4.69, 9.17) is 4.52 Å². The lowest BCUT2D eigenvalue weighted by Crippen LogP contribution is -2.00. The van der Waals surface area contributed by atoms with Crippen LogP contribution in [0.5, 0.6) is 0 Å². The Hall–Kier alpha value is -1.33. The molecule has 1 atom stereocenters. The average Bonchev–Trinajstić information content (AvgIpc) is 2.89. The van der Waals surface area contributed by atoms with E-state index < -0.39 is 6.10 Å². The zero-order chi connectivity index (χ0) is 13.7. The molecule has 0 fully saturated rings. The van der Waals surface area contributed by atoms with Crippen molar-refractivity contribution in [1.29, 1.82) is 0 Å². The number of hydrogen-bond donors (Lipinski definition) is 1. The highest BCUT2D eigenvalue weighted by molar-refractivity contribution is 7.98. The Labute approximate surface area is 117 Å². The number of hydrogen-bond acceptors (Lipinski definition) is 5. The number of rotatable bonds is 6. The Balaban J connectivity index is 1.80. The number of aliphatic hydroxyl groups excluding tert-OH is 1. The summed E-state index contributed by atoms with van der Waals surface area (Å²) in [5.74, 6) is 2.88. The van der Waals surface area contributed by atoms with Crippen LogP contribution < -0.4 is 0 Å². The molecule has 1 aromatic carbocycles. The molecule has 1 N–H and O–H groups in total. The van der Waals surface area contributed by atoms with Gasteiger partial charge in [0.1, 0.15) is 0 Å². The summed E-state index contributed by atoms with van der Waals surface area (Å²) in [6.45, 7) is 4.03. The lowest BCUT2D eigenvalue weighted by molar-refractivity contribution is 0.204. The molecule has 19 heavy (non-hydrogen) atoms.